The Balaban J connectivity index is 1.30. The van der Waals surface area contributed by atoms with Crippen molar-refractivity contribution < 1.29 is 0 Å². The average molecular weight is 709 g/mol. The lowest BCUT2D eigenvalue weighted by molar-refractivity contribution is 1.21. The molecule has 0 bridgehead atoms. The Morgan fingerprint density at radius 3 is 1.56 bits per heavy atom. The lowest BCUT2D eigenvalue weighted by Crippen LogP contribution is -2.01. The summed E-state index contributed by atoms with van der Waals surface area (Å²) in [6, 6.07) is 53.2. The molecule has 4 heterocycles. The van der Waals surface area contributed by atoms with Gasteiger partial charge in [-0.05, 0) is 73.3 Å². The number of benzene rings is 4. The molecule has 0 N–H and O–H groups in total. The van der Waals surface area contributed by atoms with E-state index < -0.39 is 0 Å². The molecule has 0 aliphatic heterocycles. The number of rotatable bonds is 10. The van der Waals surface area contributed by atoms with Crippen molar-refractivity contribution in [2.75, 3.05) is 0 Å². The number of hydrogen-bond acceptors (Lipinski definition) is 6. The van der Waals surface area contributed by atoms with E-state index in [2.05, 4.69) is 101 Å². The minimum Gasteiger partial charge on any atom is -0.262 e. The highest BCUT2D eigenvalue weighted by Gasteiger charge is 2.20. The molecule has 0 amide bonds. The van der Waals surface area contributed by atoms with Crippen molar-refractivity contribution in [1.82, 2.24) is 24.9 Å². The van der Waals surface area contributed by atoms with Crippen molar-refractivity contribution in [3.05, 3.63) is 194 Å². The smallest absolute Gasteiger partial charge is 0.0973 e. The van der Waals surface area contributed by atoms with Gasteiger partial charge in [0.2, 0.25) is 0 Å². The fourth-order valence-electron chi connectivity index (χ4n) is 6.49. The third-order valence-electron chi connectivity index (χ3n) is 9.21. The Morgan fingerprint density at radius 1 is 0.455 bits per heavy atom. The maximum absolute atomic E-state index is 5.50. The summed E-state index contributed by atoms with van der Waals surface area (Å²) >= 11 is 0. The van der Waals surface area contributed by atoms with Crippen LogP contribution in [0.15, 0.2) is 193 Å². The fraction of sp³-hybridized carbons (Fsp3) is 0.0204. The molecule has 6 nitrogen and oxygen atoms in total. The number of hydrogen-bond donors (Lipinski definition) is 0. The van der Waals surface area contributed by atoms with Gasteiger partial charge in [-0.15, -0.1) is 0 Å². The van der Waals surface area contributed by atoms with Crippen molar-refractivity contribution >= 4 is 12.4 Å². The molecule has 8 aromatic rings. The molecule has 262 valence electrons. The average Bonchev–Trinajstić information content (AvgIpc) is 3.27. The molecule has 0 spiro atoms. The van der Waals surface area contributed by atoms with Gasteiger partial charge in [0, 0.05) is 40.2 Å². The molecule has 0 saturated carbocycles. The van der Waals surface area contributed by atoms with Crippen LogP contribution in [0.3, 0.4) is 0 Å². The van der Waals surface area contributed by atoms with Crippen LogP contribution in [0.2, 0.25) is 0 Å². The quantitative estimate of drug-likeness (QED) is 0.104. The zero-order chi connectivity index (χ0) is 37.4. The van der Waals surface area contributed by atoms with Gasteiger partial charge < -0.3 is 0 Å². The number of aromatic nitrogens is 5. The van der Waals surface area contributed by atoms with Crippen LogP contribution >= 0.6 is 0 Å². The lowest BCUT2D eigenvalue weighted by Gasteiger charge is -2.17. The second kappa shape index (κ2) is 16.1. The summed E-state index contributed by atoms with van der Waals surface area (Å²) in [5.41, 5.74) is 13.9. The van der Waals surface area contributed by atoms with Gasteiger partial charge in [0.1, 0.15) is 0 Å². The van der Waals surface area contributed by atoms with Gasteiger partial charge in [-0.2, -0.15) is 0 Å². The van der Waals surface area contributed by atoms with Gasteiger partial charge in [-0.1, -0.05) is 127 Å². The summed E-state index contributed by atoms with van der Waals surface area (Å²) in [7, 11) is 0. The molecule has 4 aromatic heterocycles. The van der Waals surface area contributed by atoms with Crippen LogP contribution in [0.1, 0.15) is 12.6 Å². The summed E-state index contributed by atoms with van der Waals surface area (Å²) in [6.07, 6.45) is 9.39. The van der Waals surface area contributed by atoms with E-state index in [-0.39, 0.29) is 0 Å². The van der Waals surface area contributed by atoms with Crippen LogP contribution in [0, 0.1) is 0 Å². The van der Waals surface area contributed by atoms with Gasteiger partial charge in [-0.3, -0.25) is 15.0 Å². The normalized spacial score (nSPS) is 11.5. The van der Waals surface area contributed by atoms with Crippen molar-refractivity contribution in [2.24, 2.45) is 4.99 Å². The predicted octanol–water partition coefficient (Wildman–Crippen LogP) is 11.9. The molecule has 4 aromatic carbocycles. The second-order valence-electron chi connectivity index (χ2n) is 12.8. The molecule has 6 heteroatoms. The van der Waals surface area contributed by atoms with E-state index in [4.69, 9.17) is 15.0 Å². The Morgan fingerprint density at radius 2 is 0.982 bits per heavy atom. The van der Waals surface area contributed by atoms with E-state index in [0.717, 1.165) is 78.8 Å². The molecular weight excluding hydrogens is 673 g/mol. The first-order chi connectivity index (χ1) is 27.2. The van der Waals surface area contributed by atoms with Crippen LogP contribution in [-0.2, 0) is 0 Å². The maximum atomic E-state index is 5.50. The molecule has 0 unspecified atom stereocenters. The molecule has 0 fully saturated rings. The highest BCUT2D eigenvalue weighted by Crippen LogP contribution is 2.39. The van der Waals surface area contributed by atoms with E-state index in [1.807, 2.05) is 110 Å². The van der Waals surface area contributed by atoms with E-state index in [9.17, 15) is 0 Å². The summed E-state index contributed by atoms with van der Waals surface area (Å²) in [6.45, 7) is 5.79. The summed E-state index contributed by atoms with van der Waals surface area (Å²) in [4.78, 5) is 29.4. The third-order valence-corrected chi connectivity index (χ3v) is 9.21. The zero-order valence-corrected chi connectivity index (χ0v) is 30.3. The van der Waals surface area contributed by atoms with Crippen LogP contribution in [0.4, 0.5) is 0 Å². The monoisotopic (exact) mass is 708 g/mol. The van der Waals surface area contributed by atoms with Crippen LogP contribution in [-0.4, -0.2) is 31.6 Å². The van der Waals surface area contributed by atoms with Crippen LogP contribution in [0.25, 0.3) is 84.5 Å². The Hall–Kier alpha value is -7.44. The zero-order valence-electron chi connectivity index (χ0n) is 30.3. The third kappa shape index (κ3) is 7.56. The van der Waals surface area contributed by atoms with Gasteiger partial charge in [0.25, 0.3) is 0 Å². The Labute approximate surface area is 321 Å². The molecule has 0 atom stereocenters. The molecule has 0 aliphatic rings. The predicted molar refractivity (Wildman–Crippen MR) is 226 cm³/mol. The van der Waals surface area contributed by atoms with E-state index in [1.54, 1.807) is 6.20 Å². The Bertz CT molecular complexity index is 2640. The number of pyridine rings is 3. The standard InChI is InChI=1S/C49H36N6/c1-3-4-22-42(50-2)44-32-40(33-45(53-44)43-24-12-14-30-52-43)34-25-27-37(28-26-34)48-46(35-16-7-5-8-17-35)54-47(36-18-9-6-10-19-36)49(55-48)39-21-15-20-38(31-39)41-23-11-13-29-51-41/h3-33H,2H2,1H3/b4-3-,42-22-. The van der Waals surface area contributed by atoms with E-state index >= 15 is 0 Å². The molecular formula is C49H36N6. The minimum atomic E-state index is 0.676. The SMILES string of the molecule is C=N/C(=C\C=C/C)c1cc(-c2ccc(-c3nc(-c4cccc(-c5ccccn5)c4)c(-c4ccccc4)nc3-c3ccccc3)cc2)cc(-c2ccccn2)n1. The number of nitrogens with zero attached hydrogens (tertiary/aromatic N) is 6. The van der Waals surface area contributed by atoms with Crippen molar-refractivity contribution in [2.45, 2.75) is 6.92 Å². The fourth-order valence-corrected chi connectivity index (χ4v) is 6.49. The van der Waals surface area contributed by atoms with Crippen LogP contribution < -0.4 is 0 Å². The summed E-state index contributed by atoms with van der Waals surface area (Å²) in [5, 5.41) is 0. The minimum absolute atomic E-state index is 0.676. The van der Waals surface area contributed by atoms with Crippen molar-refractivity contribution in [1.29, 1.82) is 0 Å². The topological polar surface area (TPSA) is 76.8 Å². The highest BCUT2D eigenvalue weighted by molar-refractivity contribution is 5.88. The second-order valence-corrected chi connectivity index (χ2v) is 12.8. The molecule has 0 aliphatic carbocycles. The van der Waals surface area contributed by atoms with E-state index in [0.29, 0.717) is 11.4 Å². The first kappa shape index (κ1) is 34.6. The molecule has 8 rings (SSSR count). The maximum Gasteiger partial charge on any atom is 0.0973 e. The van der Waals surface area contributed by atoms with Gasteiger partial charge in [-0.25, -0.2) is 15.0 Å². The van der Waals surface area contributed by atoms with Crippen molar-refractivity contribution in [3.8, 4) is 78.8 Å². The molecule has 55 heavy (non-hydrogen) atoms. The first-order valence-electron chi connectivity index (χ1n) is 18.1. The molecule has 0 radical (unpaired) electrons. The van der Waals surface area contributed by atoms with Gasteiger partial charge in [0.05, 0.1) is 51.2 Å². The summed E-state index contributed by atoms with van der Waals surface area (Å²) < 4.78 is 0. The highest BCUT2D eigenvalue weighted by atomic mass is 14.9. The largest absolute Gasteiger partial charge is 0.262 e. The van der Waals surface area contributed by atoms with E-state index in [1.165, 1.54) is 0 Å². The molecule has 0 saturated heterocycles. The van der Waals surface area contributed by atoms with Gasteiger partial charge in [0.15, 0.2) is 0 Å². The first-order valence-corrected chi connectivity index (χ1v) is 18.1. The van der Waals surface area contributed by atoms with Crippen LogP contribution in [0.5, 0.6) is 0 Å². The number of aliphatic imine (C=N–C) groups is 1. The van der Waals surface area contributed by atoms with Gasteiger partial charge >= 0.3 is 0 Å². The Kier molecular flexibility index (Phi) is 10.1. The summed E-state index contributed by atoms with van der Waals surface area (Å²) in [5.74, 6) is 0. The number of allylic oxidation sites excluding steroid dienone is 3. The lowest BCUT2D eigenvalue weighted by atomic mass is 9.96. The van der Waals surface area contributed by atoms with Crippen molar-refractivity contribution in [3.63, 3.8) is 0 Å².